The number of ether oxygens (including phenoxy) is 2. The SMILES string of the molecule is CCC1CC(=O)C2Oc3c(OC)ccc4c3[C@@]23CCN[C@H](C4)[C@H]13. The van der Waals surface area contributed by atoms with Crippen molar-refractivity contribution in [2.24, 2.45) is 11.8 Å². The number of hydrogen-bond donors (Lipinski definition) is 1. The molecule has 1 N–H and O–H groups in total. The second-order valence-electron chi connectivity index (χ2n) is 7.55. The van der Waals surface area contributed by atoms with Crippen LogP contribution in [0.25, 0.3) is 0 Å². The summed E-state index contributed by atoms with van der Waals surface area (Å²) >= 11 is 0. The van der Waals surface area contributed by atoms with Crippen molar-refractivity contribution in [2.45, 2.75) is 50.2 Å². The van der Waals surface area contributed by atoms with Gasteiger partial charge in [0.15, 0.2) is 23.4 Å². The summed E-state index contributed by atoms with van der Waals surface area (Å²) in [5, 5.41) is 3.74. The van der Waals surface area contributed by atoms with E-state index in [1.54, 1.807) is 7.11 Å². The standard InChI is InChI=1S/C19H23NO3/c1-3-10-9-13(21)18-19-6-7-20-12(15(10)19)8-11-4-5-14(22-2)17(23-18)16(11)19/h4-5,10,12,15,18,20H,3,6-9H2,1-2H3/t10?,12-,15+,18?,19+/m1/s1. The summed E-state index contributed by atoms with van der Waals surface area (Å²) in [6, 6.07) is 4.65. The first-order chi connectivity index (χ1) is 11.2. The van der Waals surface area contributed by atoms with Crippen molar-refractivity contribution in [3.05, 3.63) is 23.3 Å². The quantitative estimate of drug-likeness (QED) is 0.909. The van der Waals surface area contributed by atoms with Gasteiger partial charge in [0.05, 0.1) is 7.11 Å². The molecule has 122 valence electrons. The fraction of sp³-hybridized carbons (Fsp3) is 0.632. The Hall–Kier alpha value is -1.55. The number of piperidine rings is 1. The third kappa shape index (κ3) is 1.49. The zero-order valence-corrected chi connectivity index (χ0v) is 13.7. The molecule has 23 heavy (non-hydrogen) atoms. The van der Waals surface area contributed by atoms with Crippen LogP contribution in [0.4, 0.5) is 0 Å². The van der Waals surface area contributed by atoms with Gasteiger partial charge in [0, 0.05) is 23.4 Å². The molecule has 4 aliphatic rings. The predicted octanol–water partition coefficient (Wildman–Crippen LogP) is 2.23. The lowest BCUT2D eigenvalue weighted by Gasteiger charge is -2.57. The lowest BCUT2D eigenvalue weighted by Crippen LogP contribution is -2.67. The number of nitrogens with one attached hydrogen (secondary N) is 1. The topological polar surface area (TPSA) is 47.6 Å². The Kier molecular flexibility index (Phi) is 2.71. The molecule has 0 radical (unpaired) electrons. The Morgan fingerprint density at radius 2 is 2.26 bits per heavy atom. The maximum atomic E-state index is 12.9. The number of carbonyl (C=O) groups excluding carboxylic acids is 1. The molecule has 1 aromatic rings. The van der Waals surface area contributed by atoms with Gasteiger partial charge < -0.3 is 14.8 Å². The fourth-order valence-corrected chi connectivity index (χ4v) is 6.06. The van der Waals surface area contributed by atoms with Crippen molar-refractivity contribution < 1.29 is 14.3 Å². The minimum absolute atomic E-state index is 0.122. The molecule has 4 nitrogen and oxygen atoms in total. The predicted molar refractivity (Wildman–Crippen MR) is 86.1 cm³/mol. The maximum absolute atomic E-state index is 12.9. The van der Waals surface area contributed by atoms with Crippen LogP contribution >= 0.6 is 0 Å². The molecule has 5 rings (SSSR count). The van der Waals surface area contributed by atoms with E-state index < -0.39 is 0 Å². The van der Waals surface area contributed by atoms with Crippen LogP contribution in [0.2, 0.25) is 0 Å². The highest BCUT2D eigenvalue weighted by Gasteiger charge is 2.66. The van der Waals surface area contributed by atoms with Gasteiger partial charge in [0.25, 0.3) is 0 Å². The van der Waals surface area contributed by atoms with Crippen molar-refractivity contribution in [3.63, 3.8) is 0 Å². The Balaban J connectivity index is 1.81. The van der Waals surface area contributed by atoms with Crippen LogP contribution < -0.4 is 14.8 Å². The molecular weight excluding hydrogens is 290 g/mol. The maximum Gasteiger partial charge on any atom is 0.174 e. The van der Waals surface area contributed by atoms with Gasteiger partial charge in [-0.2, -0.15) is 0 Å². The first-order valence-corrected chi connectivity index (χ1v) is 8.83. The molecular formula is C19H23NO3. The van der Waals surface area contributed by atoms with Gasteiger partial charge in [-0.25, -0.2) is 0 Å². The van der Waals surface area contributed by atoms with Crippen LogP contribution in [0.3, 0.4) is 0 Å². The van der Waals surface area contributed by atoms with Gasteiger partial charge in [-0.1, -0.05) is 19.4 Å². The van der Waals surface area contributed by atoms with Gasteiger partial charge in [-0.15, -0.1) is 0 Å². The van der Waals surface area contributed by atoms with Crippen LogP contribution in [0.15, 0.2) is 12.1 Å². The number of Topliss-reactive ketones (excluding diaryl/α,β-unsaturated/α-hetero) is 1. The molecule has 4 heteroatoms. The van der Waals surface area contributed by atoms with E-state index >= 15 is 0 Å². The van der Waals surface area contributed by atoms with Gasteiger partial charge in [-0.05, 0) is 42.9 Å². The summed E-state index contributed by atoms with van der Waals surface area (Å²) in [6.07, 6.45) is 3.47. The van der Waals surface area contributed by atoms with Crippen molar-refractivity contribution in [1.29, 1.82) is 0 Å². The normalized spacial score (nSPS) is 39.7. The fourth-order valence-electron chi connectivity index (χ4n) is 6.06. The molecule has 0 aromatic heterocycles. The summed E-state index contributed by atoms with van der Waals surface area (Å²) in [5.41, 5.74) is 2.53. The molecule has 1 saturated carbocycles. The molecule has 2 aliphatic carbocycles. The first kappa shape index (κ1) is 13.8. The summed E-state index contributed by atoms with van der Waals surface area (Å²) < 4.78 is 11.9. The second-order valence-corrected chi connectivity index (χ2v) is 7.55. The molecule has 2 bridgehead atoms. The Morgan fingerprint density at radius 1 is 1.39 bits per heavy atom. The molecule has 0 amide bonds. The molecule has 1 saturated heterocycles. The number of rotatable bonds is 2. The van der Waals surface area contributed by atoms with E-state index in [-0.39, 0.29) is 11.5 Å². The zero-order valence-electron chi connectivity index (χ0n) is 13.7. The van der Waals surface area contributed by atoms with E-state index in [4.69, 9.17) is 9.47 Å². The lowest BCUT2D eigenvalue weighted by molar-refractivity contribution is -0.139. The molecule has 1 spiro atoms. The van der Waals surface area contributed by atoms with E-state index in [2.05, 4.69) is 18.3 Å². The minimum atomic E-state index is -0.301. The molecule has 2 unspecified atom stereocenters. The molecule has 2 heterocycles. The number of ketones is 1. The third-order valence-corrected chi connectivity index (χ3v) is 6.80. The van der Waals surface area contributed by atoms with Gasteiger partial charge in [0.2, 0.25) is 0 Å². The van der Waals surface area contributed by atoms with Gasteiger partial charge in [-0.3, -0.25) is 4.79 Å². The molecule has 2 fully saturated rings. The zero-order chi connectivity index (χ0) is 15.8. The highest BCUT2D eigenvalue weighted by atomic mass is 16.5. The Morgan fingerprint density at radius 3 is 3.04 bits per heavy atom. The van der Waals surface area contributed by atoms with E-state index in [1.807, 2.05) is 6.07 Å². The molecule has 1 aromatic carbocycles. The third-order valence-electron chi connectivity index (χ3n) is 6.80. The van der Waals surface area contributed by atoms with E-state index in [0.29, 0.717) is 30.1 Å². The average Bonchev–Trinajstić information content (AvgIpc) is 2.90. The minimum Gasteiger partial charge on any atom is -0.493 e. The van der Waals surface area contributed by atoms with Crippen molar-refractivity contribution >= 4 is 5.78 Å². The molecule has 5 atom stereocenters. The molecule has 2 aliphatic heterocycles. The number of methoxy groups -OCH3 is 1. The monoisotopic (exact) mass is 313 g/mol. The van der Waals surface area contributed by atoms with Gasteiger partial charge in [0.1, 0.15) is 0 Å². The van der Waals surface area contributed by atoms with Crippen LogP contribution in [-0.4, -0.2) is 31.6 Å². The van der Waals surface area contributed by atoms with E-state index in [9.17, 15) is 4.79 Å². The number of benzene rings is 1. The average molecular weight is 313 g/mol. The summed E-state index contributed by atoms with van der Waals surface area (Å²) in [6.45, 7) is 3.20. The Labute approximate surface area is 136 Å². The number of carbonyl (C=O) groups is 1. The first-order valence-electron chi connectivity index (χ1n) is 8.83. The summed E-state index contributed by atoms with van der Waals surface area (Å²) in [7, 11) is 1.68. The summed E-state index contributed by atoms with van der Waals surface area (Å²) in [4.78, 5) is 12.9. The highest BCUT2D eigenvalue weighted by Crippen LogP contribution is 2.63. The van der Waals surface area contributed by atoms with Crippen LogP contribution in [-0.2, 0) is 16.6 Å². The van der Waals surface area contributed by atoms with Crippen molar-refractivity contribution in [2.75, 3.05) is 13.7 Å². The lowest BCUT2D eigenvalue weighted by atomic mass is 9.49. The van der Waals surface area contributed by atoms with Crippen LogP contribution in [0, 0.1) is 11.8 Å². The van der Waals surface area contributed by atoms with Crippen molar-refractivity contribution in [3.8, 4) is 11.5 Å². The van der Waals surface area contributed by atoms with Gasteiger partial charge >= 0.3 is 0 Å². The van der Waals surface area contributed by atoms with E-state index in [0.717, 1.165) is 37.3 Å². The van der Waals surface area contributed by atoms with Crippen LogP contribution in [0.1, 0.15) is 37.3 Å². The highest BCUT2D eigenvalue weighted by molar-refractivity contribution is 5.89. The van der Waals surface area contributed by atoms with Crippen molar-refractivity contribution in [1.82, 2.24) is 5.32 Å². The second kappa shape index (κ2) is 4.50. The van der Waals surface area contributed by atoms with E-state index in [1.165, 1.54) is 11.1 Å². The smallest absolute Gasteiger partial charge is 0.174 e. The number of hydrogen-bond acceptors (Lipinski definition) is 4. The van der Waals surface area contributed by atoms with Crippen LogP contribution in [0.5, 0.6) is 11.5 Å². The largest absolute Gasteiger partial charge is 0.493 e. The summed E-state index contributed by atoms with van der Waals surface area (Å²) in [5.74, 6) is 2.89. The Bertz CT molecular complexity index is 700.